The van der Waals surface area contributed by atoms with Crippen molar-refractivity contribution in [3.8, 4) is 11.5 Å². The largest absolute Gasteiger partial charge is 0.496 e. The molecule has 9 heteroatoms. The van der Waals surface area contributed by atoms with Crippen molar-refractivity contribution in [3.63, 3.8) is 0 Å². The van der Waals surface area contributed by atoms with Gasteiger partial charge in [-0.2, -0.15) is 0 Å². The molecule has 0 aliphatic carbocycles. The van der Waals surface area contributed by atoms with Crippen LogP contribution in [0.2, 0.25) is 0 Å². The fraction of sp³-hybridized carbons (Fsp3) is 0.200. The van der Waals surface area contributed by atoms with Gasteiger partial charge >= 0.3 is 0 Å². The summed E-state index contributed by atoms with van der Waals surface area (Å²) < 4.78 is 11.3. The first-order valence-corrected chi connectivity index (χ1v) is 10.6. The number of fused-ring (bicyclic) bond motifs is 1. The smallest absolute Gasteiger partial charge is 0.269 e. The Morgan fingerprint density at radius 3 is 2.62 bits per heavy atom. The first-order chi connectivity index (χ1) is 16.4. The molecule has 1 atom stereocenters. The molecule has 0 unspecified atom stereocenters. The zero-order chi connectivity index (χ0) is 24.2. The van der Waals surface area contributed by atoms with Crippen molar-refractivity contribution in [1.29, 1.82) is 0 Å². The van der Waals surface area contributed by atoms with E-state index in [2.05, 4.69) is 5.32 Å². The number of amides is 2. The van der Waals surface area contributed by atoms with E-state index in [9.17, 15) is 19.7 Å². The van der Waals surface area contributed by atoms with Crippen LogP contribution in [0.25, 0.3) is 0 Å². The van der Waals surface area contributed by atoms with Crippen LogP contribution in [0.4, 0.5) is 11.4 Å². The molecule has 0 bridgehead atoms. The number of nitrogens with one attached hydrogen (secondary N) is 1. The predicted octanol–water partition coefficient (Wildman–Crippen LogP) is 4.17. The van der Waals surface area contributed by atoms with Crippen molar-refractivity contribution >= 4 is 23.2 Å². The van der Waals surface area contributed by atoms with Gasteiger partial charge in [-0.15, -0.1) is 0 Å². The third-order valence-corrected chi connectivity index (χ3v) is 5.54. The molecule has 1 N–H and O–H groups in total. The molecule has 0 aromatic heterocycles. The maximum Gasteiger partial charge on any atom is 0.269 e. The zero-order valence-electron chi connectivity index (χ0n) is 18.7. The SMILES string of the molecule is COc1ccccc1CN1Cc2cc(NC(=O)c3ccc([N+](=O)[O-])cc3)ccc2O[C@H](C)C1=O. The lowest BCUT2D eigenvalue weighted by Crippen LogP contribution is -2.37. The van der Waals surface area contributed by atoms with Gasteiger partial charge in [0.2, 0.25) is 0 Å². The maximum atomic E-state index is 13.0. The fourth-order valence-electron chi connectivity index (χ4n) is 3.79. The van der Waals surface area contributed by atoms with Gasteiger partial charge in [-0.05, 0) is 43.3 Å². The molecule has 4 rings (SSSR count). The number of carbonyl (C=O) groups excluding carboxylic acids is 2. The van der Waals surface area contributed by atoms with Gasteiger partial charge in [-0.1, -0.05) is 18.2 Å². The number of methoxy groups -OCH3 is 1. The number of non-ortho nitro benzene ring substituents is 1. The molecule has 0 radical (unpaired) electrons. The van der Waals surface area contributed by atoms with Crippen molar-refractivity contribution in [2.24, 2.45) is 0 Å². The second-order valence-corrected chi connectivity index (χ2v) is 7.85. The van der Waals surface area contributed by atoms with E-state index in [0.717, 1.165) is 11.1 Å². The summed E-state index contributed by atoms with van der Waals surface area (Å²) in [6.07, 6.45) is -0.670. The van der Waals surface area contributed by atoms with Gasteiger partial charge < -0.3 is 19.7 Å². The molecule has 3 aromatic carbocycles. The molecule has 0 saturated carbocycles. The van der Waals surface area contributed by atoms with Crippen LogP contribution in [0.15, 0.2) is 66.7 Å². The molecule has 34 heavy (non-hydrogen) atoms. The highest BCUT2D eigenvalue weighted by Crippen LogP contribution is 2.30. The van der Waals surface area contributed by atoms with Gasteiger partial charge in [0.1, 0.15) is 11.5 Å². The van der Waals surface area contributed by atoms with Crippen LogP contribution in [0, 0.1) is 10.1 Å². The van der Waals surface area contributed by atoms with E-state index >= 15 is 0 Å². The number of para-hydroxylation sites is 1. The molecule has 1 aliphatic rings. The minimum atomic E-state index is -0.670. The van der Waals surface area contributed by atoms with Crippen molar-refractivity contribution in [2.45, 2.75) is 26.1 Å². The second-order valence-electron chi connectivity index (χ2n) is 7.85. The lowest BCUT2D eigenvalue weighted by Gasteiger charge is -2.23. The van der Waals surface area contributed by atoms with Crippen molar-refractivity contribution < 1.29 is 24.0 Å². The minimum Gasteiger partial charge on any atom is -0.496 e. The molecule has 0 spiro atoms. The number of anilines is 1. The molecule has 174 valence electrons. The Hall–Kier alpha value is -4.40. The first-order valence-electron chi connectivity index (χ1n) is 10.6. The van der Waals surface area contributed by atoms with Crippen LogP contribution in [-0.2, 0) is 17.9 Å². The lowest BCUT2D eigenvalue weighted by atomic mass is 10.1. The summed E-state index contributed by atoms with van der Waals surface area (Å²) in [6.45, 7) is 2.34. The first kappa shape index (κ1) is 22.8. The third kappa shape index (κ3) is 4.83. The molecule has 1 aliphatic heterocycles. The van der Waals surface area contributed by atoms with Gasteiger partial charge in [0.05, 0.1) is 12.0 Å². The van der Waals surface area contributed by atoms with Gasteiger partial charge in [-0.25, -0.2) is 0 Å². The van der Waals surface area contributed by atoms with Crippen LogP contribution >= 0.6 is 0 Å². The number of nitrogens with zero attached hydrogens (tertiary/aromatic N) is 2. The highest BCUT2D eigenvalue weighted by molar-refractivity contribution is 6.04. The van der Waals surface area contributed by atoms with E-state index in [-0.39, 0.29) is 18.1 Å². The molecule has 1 heterocycles. The average Bonchev–Trinajstić information content (AvgIpc) is 2.95. The van der Waals surface area contributed by atoms with Crippen LogP contribution in [0.3, 0.4) is 0 Å². The Balaban J connectivity index is 1.55. The quantitative estimate of drug-likeness (QED) is 0.436. The number of hydrogen-bond donors (Lipinski definition) is 1. The standard InChI is InChI=1S/C25H23N3O6/c1-16-25(30)27(14-18-5-3-4-6-22(18)33-2)15-19-13-20(9-12-23(19)34-16)26-24(29)17-7-10-21(11-8-17)28(31)32/h3-13,16H,14-15H2,1-2H3,(H,26,29)/t16-/m1/s1. The highest BCUT2D eigenvalue weighted by Gasteiger charge is 2.28. The summed E-state index contributed by atoms with van der Waals surface area (Å²) >= 11 is 0. The zero-order valence-corrected chi connectivity index (χ0v) is 18.7. The van der Waals surface area contributed by atoms with E-state index in [1.807, 2.05) is 24.3 Å². The normalized spacial score (nSPS) is 15.1. The molecule has 3 aromatic rings. The molecule has 9 nitrogen and oxygen atoms in total. The van der Waals surface area contributed by atoms with Crippen LogP contribution in [-0.4, -0.2) is 34.9 Å². The molecular weight excluding hydrogens is 438 g/mol. The Morgan fingerprint density at radius 2 is 1.91 bits per heavy atom. The summed E-state index contributed by atoms with van der Waals surface area (Å²) in [5.74, 6) is 0.701. The summed E-state index contributed by atoms with van der Waals surface area (Å²) in [5.41, 5.74) is 2.33. The number of benzene rings is 3. The highest BCUT2D eigenvalue weighted by atomic mass is 16.6. The summed E-state index contributed by atoms with van der Waals surface area (Å²) in [7, 11) is 1.59. The number of carbonyl (C=O) groups is 2. The third-order valence-electron chi connectivity index (χ3n) is 5.54. The van der Waals surface area contributed by atoms with E-state index in [1.165, 1.54) is 24.3 Å². The number of ether oxygens (including phenoxy) is 2. The van der Waals surface area contributed by atoms with Gasteiger partial charge in [0.25, 0.3) is 17.5 Å². The predicted molar refractivity (Wildman–Crippen MR) is 125 cm³/mol. The van der Waals surface area contributed by atoms with Crippen molar-refractivity contribution in [1.82, 2.24) is 4.90 Å². The summed E-state index contributed by atoms with van der Waals surface area (Å²) in [4.78, 5) is 37.6. The van der Waals surface area contributed by atoms with E-state index in [4.69, 9.17) is 9.47 Å². The number of nitro groups is 1. The molecule has 0 fully saturated rings. The van der Waals surface area contributed by atoms with E-state index in [0.29, 0.717) is 29.3 Å². The van der Waals surface area contributed by atoms with Gasteiger partial charge in [-0.3, -0.25) is 19.7 Å². The van der Waals surface area contributed by atoms with E-state index < -0.39 is 16.9 Å². The second kappa shape index (κ2) is 9.62. The average molecular weight is 461 g/mol. The molecule has 0 saturated heterocycles. The number of nitro benzene ring substituents is 1. The van der Waals surface area contributed by atoms with Gasteiger partial charge in [0.15, 0.2) is 6.10 Å². The Bertz CT molecular complexity index is 1240. The lowest BCUT2D eigenvalue weighted by molar-refractivity contribution is -0.384. The topological polar surface area (TPSA) is 111 Å². The molecule has 2 amide bonds. The minimum absolute atomic E-state index is 0.0901. The fourth-order valence-corrected chi connectivity index (χ4v) is 3.79. The Labute approximate surface area is 196 Å². The van der Waals surface area contributed by atoms with Crippen molar-refractivity contribution in [3.05, 3.63) is 93.5 Å². The Morgan fingerprint density at radius 1 is 1.18 bits per heavy atom. The van der Waals surface area contributed by atoms with Crippen LogP contribution in [0.1, 0.15) is 28.4 Å². The summed E-state index contributed by atoms with van der Waals surface area (Å²) in [6, 6.07) is 18.0. The maximum absolute atomic E-state index is 13.0. The van der Waals surface area contributed by atoms with Crippen LogP contribution < -0.4 is 14.8 Å². The monoisotopic (exact) mass is 461 g/mol. The van der Waals surface area contributed by atoms with Gasteiger partial charge in [0, 0.05) is 47.6 Å². The Kier molecular flexibility index (Phi) is 6.44. The van der Waals surface area contributed by atoms with E-state index in [1.54, 1.807) is 37.1 Å². The number of rotatable bonds is 6. The van der Waals surface area contributed by atoms with Crippen LogP contribution in [0.5, 0.6) is 11.5 Å². The van der Waals surface area contributed by atoms with Crippen molar-refractivity contribution in [2.75, 3.05) is 12.4 Å². The number of hydrogen-bond acceptors (Lipinski definition) is 6. The summed E-state index contributed by atoms with van der Waals surface area (Å²) in [5, 5.41) is 13.6. The molecular formula is C25H23N3O6.